The standard InChI is InChI=1S/C14H24N4OS/c1-8(2)7-18(9(3)4)13(19)11-12(15)17-14(20-11)16-10-5-6-10/h8-10H,5-7,15H2,1-4H3,(H,16,17). The van der Waals surface area contributed by atoms with E-state index in [9.17, 15) is 4.79 Å². The SMILES string of the molecule is CC(C)CN(C(=O)c1sc(NC2CC2)nc1N)C(C)C. The molecule has 1 aliphatic rings. The molecular weight excluding hydrogens is 272 g/mol. The van der Waals surface area contributed by atoms with Gasteiger partial charge in [-0.05, 0) is 32.6 Å². The van der Waals surface area contributed by atoms with Crippen molar-refractivity contribution in [2.45, 2.75) is 52.6 Å². The minimum atomic E-state index is -0.00690. The Morgan fingerprint density at radius 3 is 2.60 bits per heavy atom. The van der Waals surface area contributed by atoms with Crippen LogP contribution in [-0.4, -0.2) is 34.4 Å². The fraction of sp³-hybridized carbons (Fsp3) is 0.714. The molecule has 112 valence electrons. The van der Waals surface area contributed by atoms with Gasteiger partial charge in [0, 0.05) is 18.6 Å². The molecule has 5 nitrogen and oxygen atoms in total. The van der Waals surface area contributed by atoms with Crippen LogP contribution in [0.4, 0.5) is 10.9 Å². The van der Waals surface area contributed by atoms with Crippen molar-refractivity contribution in [2.75, 3.05) is 17.6 Å². The second-order valence-corrected chi connectivity index (χ2v) is 7.10. The number of hydrogen-bond acceptors (Lipinski definition) is 5. The summed E-state index contributed by atoms with van der Waals surface area (Å²) in [5.74, 6) is 0.768. The van der Waals surface area contributed by atoms with Crippen LogP contribution in [0.3, 0.4) is 0 Å². The van der Waals surface area contributed by atoms with Gasteiger partial charge in [0.1, 0.15) is 10.7 Å². The number of carbonyl (C=O) groups is 1. The third-order valence-electron chi connectivity index (χ3n) is 3.20. The third-order valence-corrected chi connectivity index (χ3v) is 4.19. The van der Waals surface area contributed by atoms with Gasteiger partial charge in [-0.3, -0.25) is 4.79 Å². The first-order valence-electron chi connectivity index (χ1n) is 7.22. The van der Waals surface area contributed by atoms with Crippen LogP contribution in [0, 0.1) is 5.92 Å². The fourth-order valence-electron chi connectivity index (χ4n) is 2.00. The summed E-state index contributed by atoms with van der Waals surface area (Å²) in [7, 11) is 0. The van der Waals surface area contributed by atoms with Crippen molar-refractivity contribution in [3.63, 3.8) is 0 Å². The summed E-state index contributed by atoms with van der Waals surface area (Å²) in [5.41, 5.74) is 5.92. The molecule has 0 spiro atoms. The minimum Gasteiger partial charge on any atom is -0.382 e. The molecule has 0 saturated heterocycles. The molecule has 2 rings (SSSR count). The van der Waals surface area contributed by atoms with E-state index in [4.69, 9.17) is 5.73 Å². The zero-order valence-corrected chi connectivity index (χ0v) is 13.5. The van der Waals surface area contributed by atoms with Gasteiger partial charge in [-0.25, -0.2) is 4.98 Å². The van der Waals surface area contributed by atoms with E-state index in [-0.39, 0.29) is 11.9 Å². The monoisotopic (exact) mass is 296 g/mol. The van der Waals surface area contributed by atoms with Crippen LogP contribution in [0.15, 0.2) is 0 Å². The van der Waals surface area contributed by atoms with Gasteiger partial charge in [-0.15, -0.1) is 0 Å². The summed E-state index contributed by atoms with van der Waals surface area (Å²) in [6, 6.07) is 0.673. The zero-order valence-electron chi connectivity index (χ0n) is 12.6. The van der Waals surface area contributed by atoms with E-state index < -0.39 is 0 Å². The quantitative estimate of drug-likeness (QED) is 0.847. The van der Waals surface area contributed by atoms with Gasteiger partial charge in [0.05, 0.1) is 0 Å². The van der Waals surface area contributed by atoms with Crippen LogP contribution in [0.25, 0.3) is 0 Å². The van der Waals surface area contributed by atoms with Gasteiger partial charge in [-0.1, -0.05) is 25.2 Å². The van der Waals surface area contributed by atoms with Gasteiger partial charge in [0.15, 0.2) is 5.13 Å². The first-order valence-corrected chi connectivity index (χ1v) is 8.04. The van der Waals surface area contributed by atoms with Crippen LogP contribution in [-0.2, 0) is 0 Å². The maximum Gasteiger partial charge on any atom is 0.268 e. The van der Waals surface area contributed by atoms with Crippen LogP contribution in [0.5, 0.6) is 0 Å². The molecule has 1 saturated carbocycles. The highest BCUT2D eigenvalue weighted by Gasteiger charge is 2.27. The first-order chi connectivity index (χ1) is 9.38. The summed E-state index contributed by atoms with van der Waals surface area (Å²) in [5, 5.41) is 4.06. The Kier molecular flexibility index (Phi) is 4.52. The second-order valence-electron chi connectivity index (χ2n) is 6.10. The lowest BCUT2D eigenvalue weighted by Gasteiger charge is -2.28. The molecule has 0 unspecified atom stereocenters. The molecule has 1 fully saturated rings. The number of amides is 1. The van der Waals surface area contributed by atoms with Gasteiger partial charge in [-0.2, -0.15) is 0 Å². The Morgan fingerprint density at radius 1 is 1.45 bits per heavy atom. The predicted molar refractivity (Wildman–Crippen MR) is 84.2 cm³/mol. The van der Waals surface area contributed by atoms with Crippen LogP contribution < -0.4 is 11.1 Å². The predicted octanol–water partition coefficient (Wildman–Crippen LogP) is 2.81. The fourth-order valence-corrected chi connectivity index (χ4v) is 2.92. The van der Waals surface area contributed by atoms with E-state index in [1.807, 2.05) is 18.7 Å². The lowest BCUT2D eigenvalue weighted by atomic mass is 10.1. The summed E-state index contributed by atoms with van der Waals surface area (Å²) >= 11 is 1.37. The number of hydrogen-bond donors (Lipinski definition) is 2. The van der Waals surface area contributed by atoms with E-state index in [0.29, 0.717) is 22.7 Å². The summed E-state index contributed by atoms with van der Waals surface area (Å²) < 4.78 is 0. The highest BCUT2D eigenvalue weighted by molar-refractivity contribution is 7.18. The number of anilines is 2. The summed E-state index contributed by atoms with van der Waals surface area (Å²) in [4.78, 5) is 19.3. The molecule has 0 aromatic carbocycles. The van der Waals surface area contributed by atoms with Gasteiger partial charge < -0.3 is 16.0 Å². The minimum absolute atomic E-state index is 0.00690. The van der Waals surface area contributed by atoms with Crippen LogP contribution >= 0.6 is 11.3 Å². The number of thiazole rings is 1. The van der Waals surface area contributed by atoms with Crippen molar-refractivity contribution >= 4 is 28.2 Å². The molecule has 6 heteroatoms. The highest BCUT2D eigenvalue weighted by atomic mass is 32.1. The van der Waals surface area contributed by atoms with E-state index in [1.54, 1.807) is 0 Å². The highest BCUT2D eigenvalue weighted by Crippen LogP contribution is 2.31. The van der Waals surface area contributed by atoms with Crippen molar-refractivity contribution in [2.24, 2.45) is 5.92 Å². The van der Waals surface area contributed by atoms with Crippen LogP contribution in [0.2, 0.25) is 0 Å². The van der Waals surface area contributed by atoms with E-state index >= 15 is 0 Å². The van der Waals surface area contributed by atoms with Crippen molar-refractivity contribution in [3.8, 4) is 0 Å². The number of rotatable bonds is 6. The number of nitrogen functional groups attached to an aromatic ring is 1. The lowest BCUT2D eigenvalue weighted by Crippen LogP contribution is -2.39. The summed E-state index contributed by atoms with van der Waals surface area (Å²) in [6.07, 6.45) is 2.35. The smallest absolute Gasteiger partial charge is 0.268 e. The number of nitrogens with one attached hydrogen (secondary N) is 1. The number of carbonyl (C=O) groups excluding carboxylic acids is 1. The van der Waals surface area contributed by atoms with E-state index in [0.717, 1.165) is 11.7 Å². The van der Waals surface area contributed by atoms with Crippen molar-refractivity contribution in [1.82, 2.24) is 9.88 Å². The van der Waals surface area contributed by atoms with Crippen molar-refractivity contribution in [1.29, 1.82) is 0 Å². The molecule has 1 aromatic heterocycles. The van der Waals surface area contributed by atoms with Gasteiger partial charge in [0.2, 0.25) is 0 Å². The Hall–Kier alpha value is -1.30. The molecule has 1 aromatic rings. The Balaban J connectivity index is 2.14. The van der Waals surface area contributed by atoms with Crippen molar-refractivity contribution in [3.05, 3.63) is 4.88 Å². The van der Waals surface area contributed by atoms with E-state index in [2.05, 4.69) is 24.1 Å². The average molecular weight is 296 g/mol. The topological polar surface area (TPSA) is 71.2 Å². The molecule has 0 aliphatic heterocycles. The Labute approximate surface area is 124 Å². The molecule has 0 atom stereocenters. The molecule has 0 radical (unpaired) electrons. The number of aromatic nitrogens is 1. The van der Waals surface area contributed by atoms with Gasteiger partial charge in [0.25, 0.3) is 5.91 Å². The number of nitrogens with zero attached hydrogens (tertiary/aromatic N) is 2. The molecule has 1 aliphatic carbocycles. The number of nitrogens with two attached hydrogens (primary N) is 1. The molecule has 3 N–H and O–H groups in total. The second kappa shape index (κ2) is 5.99. The Morgan fingerprint density at radius 2 is 2.10 bits per heavy atom. The molecule has 1 heterocycles. The largest absolute Gasteiger partial charge is 0.382 e. The molecule has 1 amide bonds. The maximum absolute atomic E-state index is 12.6. The summed E-state index contributed by atoms with van der Waals surface area (Å²) in [6.45, 7) is 9.01. The molecule has 20 heavy (non-hydrogen) atoms. The normalized spacial score (nSPS) is 14.9. The maximum atomic E-state index is 12.6. The van der Waals surface area contributed by atoms with E-state index in [1.165, 1.54) is 24.2 Å². The van der Waals surface area contributed by atoms with Gasteiger partial charge >= 0.3 is 0 Å². The lowest BCUT2D eigenvalue weighted by molar-refractivity contribution is 0.0688. The van der Waals surface area contributed by atoms with Crippen LogP contribution in [0.1, 0.15) is 50.2 Å². The zero-order chi connectivity index (χ0) is 14.9. The first kappa shape index (κ1) is 15.1. The molecule has 0 bridgehead atoms. The van der Waals surface area contributed by atoms with Crippen molar-refractivity contribution < 1.29 is 4.79 Å². The Bertz CT molecular complexity index is 480. The third kappa shape index (κ3) is 3.62. The average Bonchev–Trinajstić information content (AvgIpc) is 3.07. The molecular formula is C14H24N4OS.